The molecule has 1 amide bonds. The molecule has 0 radical (unpaired) electrons. The molecule has 4 aliphatic rings. The maximum Gasteiger partial charge on any atom is 0.251 e. The molecule has 3 saturated carbocycles. The van der Waals surface area contributed by atoms with E-state index in [2.05, 4.69) is 17.2 Å². The highest BCUT2D eigenvalue weighted by molar-refractivity contribution is 7.20. The Labute approximate surface area is 200 Å². The van der Waals surface area contributed by atoms with Gasteiger partial charge in [0.25, 0.3) is 5.91 Å². The fourth-order valence-electron chi connectivity index (χ4n) is 5.83. The van der Waals surface area contributed by atoms with Crippen LogP contribution in [0.2, 0.25) is 0 Å². The van der Waals surface area contributed by atoms with E-state index in [0.717, 1.165) is 60.7 Å². The minimum Gasteiger partial charge on any atom is -0.381 e. The number of fused-ring (bicyclic) bond motifs is 1. The van der Waals surface area contributed by atoms with Crippen LogP contribution < -0.4 is 16.1 Å². The van der Waals surface area contributed by atoms with Crippen LogP contribution in [0.25, 0.3) is 0 Å². The topological polar surface area (TPSA) is 97.0 Å². The number of ether oxygens (including phenoxy) is 1. The van der Waals surface area contributed by atoms with Crippen molar-refractivity contribution in [1.82, 2.24) is 0 Å². The summed E-state index contributed by atoms with van der Waals surface area (Å²) in [6, 6.07) is 2.26. The van der Waals surface area contributed by atoms with Crippen molar-refractivity contribution in [3.05, 3.63) is 11.6 Å². The van der Waals surface area contributed by atoms with Gasteiger partial charge in [0.1, 0.15) is 15.8 Å². The van der Waals surface area contributed by atoms with Gasteiger partial charge >= 0.3 is 0 Å². The highest BCUT2D eigenvalue weighted by Crippen LogP contribution is 2.46. The van der Waals surface area contributed by atoms with E-state index in [9.17, 15) is 9.59 Å². The first-order valence-electron chi connectivity index (χ1n) is 12.6. The predicted molar refractivity (Wildman–Crippen MR) is 132 cm³/mol. The van der Waals surface area contributed by atoms with Crippen LogP contribution in [-0.2, 0) is 9.53 Å². The van der Waals surface area contributed by atoms with Gasteiger partial charge in [0.15, 0.2) is 0 Å². The largest absolute Gasteiger partial charge is 0.381 e. The molecule has 7 nitrogen and oxygen atoms in total. The zero-order valence-electron chi connectivity index (χ0n) is 19.7. The number of primary amides is 1. The predicted octanol–water partition coefficient (Wildman–Crippen LogP) is 4.57. The smallest absolute Gasteiger partial charge is 0.251 e. The average molecular weight is 473 g/mol. The first-order valence-corrected chi connectivity index (χ1v) is 13.4. The minimum absolute atomic E-state index is 0.0642. The van der Waals surface area contributed by atoms with Crippen LogP contribution in [0.4, 0.5) is 10.0 Å². The third-order valence-corrected chi connectivity index (χ3v) is 9.09. The molecule has 5 rings (SSSR count). The SMILES string of the molecule is CCC1CC(=O)C2C(CC3CC3)=NN(c3cc(C(N)=O)c(NC4CCC(OC)CC4)s3)C2C1. The van der Waals surface area contributed by atoms with Crippen molar-refractivity contribution < 1.29 is 14.3 Å². The van der Waals surface area contributed by atoms with Crippen LogP contribution in [0, 0.1) is 17.8 Å². The Morgan fingerprint density at radius 2 is 2.00 bits per heavy atom. The second kappa shape index (κ2) is 9.37. The van der Waals surface area contributed by atoms with E-state index in [4.69, 9.17) is 15.6 Å². The van der Waals surface area contributed by atoms with Crippen molar-refractivity contribution >= 4 is 38.7 Å². The molecular formula is C25H36N4O3S. The van der Waals surface area contributed by atoms with Gasteiger partial charge in [0.2, 0.25) is 0 Å². The van der Waals surface area contributed by atoms with Gasteiger partial charge in [0.05, 0.1) is 29.3 Å². The van der Waals surface area contributed by atoms with Crippen molar-refractivity contribution in [2.75, 3.05) is 17.4 Å². The number of Topliss-reactive ketones (excluding diaryl/α,β-unsaturated/α-hetero) is 1. The van der Waals surface area contributed by atoms with Crippen LogP contribution in [0.15, 0.2) is 11.2 Å². The first-order chi connectivity index (χ1) is 16.0. The van der Waals surface area contributed by atoms with E-state index in [1.807, 2.05) is 6.07 Å². The number of nitrogens with two attached hydrogens (primary N) is 1. The Morgan fingerprint density at radius 1 is 1.24 bits per heavy atom. The Bertz CT molecular complexity index is 932. The summed E-state index contributed by atoms with van der Waals surface area (Å²) in [7, 11) is 1.77. The Morgan fingerprint density at radius 3 is 2.64 bits per heavy atom. The molecule has 8 heteroatoms. The van der Waals surface area contributed by atoms with E-state index in [1.165, 1.54) is 12.8 Å². The van der Waals surface area contributed by atoms with Crippen molar-refractivity contribution in [1.29, 1.82) is 0 Å². The molecule has 3 N–H and O–H groups in total. The normalized spacial score (nSPS) is 31.9. The number of nitrogens with one attached hydrogen (secondary N) is 1. The van der Waals surface area contributed by atoms with E-state index in [1.54, 1.807) is 18.4 Å². The number of nitrogens with zero attached hydrogens (tertiary/aromatic N) is 2. The zero-order chi connectivity index (χ0) is 23.1. The highest BCUT2D eigenvalue weighted by Gasteiger charge is 2.48. The molecular weight excluding hydrogens is 436 g/mol. The molecule has 180 valence electrons. The van der Waals surface area contributed by atoms with Crippen molar-refractivity contribution in [3.63, 3.8) is 0 Å². The van der Waals surface area contributed by atoms with Crippen molar-refractivity contribution in [3.8, 4) is 0 Å². The number of amides is 1. The summed E-state index contributed by atoms with van der Waals surface area (Å²) in [6.45, 7) is 2.17. The molecule has 0 bridgehead atoms. The van der Waals surface area contributed by atoms with Crippen LogP contribution in [0.3, 0.4) is 0 Å². The van der Waals surface area contributed by atoms with Gasteiger partial charge in [-0.05, 0) is 69.3 Å². The Hall–Kier alpha value is -1.93. The summed E-state index contributed by atoms with van der Waals surface area (Å²) in [5, 5.41) is 12.4. The van der Waals surface area contributed by atoms with Gasteiger partial charge in [-0.3, -0.25) is 14.6 Å². The lowest BCUT2D eigenvalue weighted by Gasteiger charge is -2.34. The van der Waals surface area contributed by atoms with Gasteiger partial charge in [-0.2, -0.15) is 5.10 Å². The average Bonchev–Trinajstić information content (AvgIpc) is 3.41. The monoisotopic (exact) mass is 472 g/mol. The summed E-state index contributed by atoms with van der Waals surface area (Å²) in [5.74, 6) is 0.925. The fraction of sp³-hybridized carbons (Fsp3) is 0.720. The lowest BCUT2D eigenvalue weighted by Crippen LogP contribution is -2.44. The molecule has 1 aromatic heterocycles. The number of rotatable bonds is 8. The van der Waals surface area contributed by atoms with Gasteiger partial charge < -0.3 is 15.8 Å². The molecule has 1 aromatic rings. The molecule has 3 atom stereocenters. The quantitative estimate of drug-likeness (QED) is 0.578. The number of hydrogen-bond donors (Lipinski definition) is 2. The molecule has 0 saturated heterocycles. The number of thiophene rings is 1. The lowest BCUT2D eigenvalue weighted by atomic mass is 9.74. The van der Waals surface area contributed by atoms with Crippen molar-refractivity contribution in [2.24, 2.45) is 28.6 Å². The number of hydrazone groups is 1. The van der Waals surface area contributed by atoms with Gasteiger partial charge in [-0.25, -0.2) is 0 Å². The Kier molecular flexibility index (Phi) is 6.49. The number of carbonyl (C=O) groups is 2. The molecule has 0 spiro atoms. The Balaban J connectivity index is 1.41. The van der Waals surface area contributed by atoms with E-state index in [0.29, 0.717) is 41.7 Å². The first kappa shape index (κ1) is 22.8. The van der Waals surface area contributed by atoms with Crippen molar-refractivity contribution in [2.45, 2.75) is 89.3 Å². The summed E-state index contributed by atoms with van der Waals surface area (Å²) >= 11 is 1.55. The summed E-state index contributed by atoms with van der Waals surface area (Å²) in [6.07, 6.45) is 10.4. The third kappa shape index (κ3) is 4.69. The van der Waals surface area contributed by atoms with E-state index >= 15 is 0 Å². The third-order valence-electron chi connectivity index (χ3n) is 8.03. The minimum atomic E-state index is -0.422. The highest BCUT2D eigenvalue weighted by atomic mass is 32.1. The standard InChI is InChI=1S/C25H36N4O3S/c1-3-14-11-20-23(21(30)12-14)19(10-15-4-5-15)28-29(20)22-13-18(24(26)31)25(33-22)27-16-6-8-17(32-2)9-7-16/h13-17,20,23,27H,3-12H2,1-2H3,(H2,26,31). The summed E-state index contributed by atoms with van der Waals surface area (Å²) < 4.78 is 5.49. The van der Waals surface area contributed by atoms with Gasteiger partial charge in [0, 0.05) is 19.6 Å². The molecule has 2 heterocycles. The number of ketones is 1. The molecule has 33 heavy (non-hydrogen) atoms. The molecule has 3 unspecified atom stereocenters. The lowest BCUT2D eigenvalue weighted by molar-refractivity contribution is -0.124. The second-order valence-corrected chi connectivity index (χ2v) is 11.4. The van der Waals surface area contributed by atoms with E-state index < -0.39 is 5.91 Å². The van der Waals surface area contributed by atoms with Crippen LogP contribution in [0.1, 0.15) is 81.5 Å². The molecule has 1 aliphatic heterocycles. The molecule has 3 aliphatic carbocycles. The number of methoxy groups -OCH3 is 1. The van der Waals surface area contributed by atoms with Crippen LogP contribution in [-0.4, -0.2) is 42.7 Å². The summed E-state index contributed by atoms with van der Waals surface area (Å²) in [4.78, 5) is 25.4. The maximum atomic E-state index is 13.1. The number of hydrogen-bond acceptors (Lipinski definition) is 7. The second-order valence-electron chi connectivity index (χ2n) is 10.4. The number of carbonyl (C=O) groups excluding carboxylic acids is 2. The molecule has 3 fully saturated rings. The maximum absolute atomic E-state index is 13.1. The molecule has 0 aromatic carbocycles. The number of anilines is 2. The van der Waals surface area contributed by atoms with Gasteiger partial charge in [-0.15, -0.1) is 0 Å². The van der Waals surface area contributed by atoms with Gasteiger partial charge in [-0.1, -0.05) is 24.7 Å². The fourth-order valence-corrected chi connectivity index (χ4v) is 6.98. The zero-order valence-corrected chi connectivity index (χ0v) is 20.5. The van der Waals surface area contributed by atoms with E-state index in [-0.39, 0.29) is 12.0 Å². The van der Waals surface area contributed by atoms with Crippen LogP contribution >= 0.6 is 11.3 Å². The van der Waals surface area contributed by atoms with Crippen LogP contribution in [0.5, 0.6) is 0 Å². The summed E-state index contributed by atoms with van der Waals surface area (Å²) in [5.41, 5.74) is 7.36.